The van der Waals surface area contributed by atoms with Gasteiger partial charge in [0.2, 0.25) is 5.88 Å². The van der Waals surface area contributed by atoms with Crippen molar-refractivity contribution in [2.24, 2.45) is 5.92 Å². The quantitative estimate of drug-likeness (QED) is 0.542. The number of aliphatic hydroxyl groups is 1. The van der Waals surface area contributed by atoms with Crippen molar-refractivity contribution >= 4 is 5.91 Å². The minimum atomic E-state index is -0.357. The van der Waals surface area contributed by atoms with E-state index in [0.717, 1.165) is 16.7 Å². The first-order valence-corrected chi connectivity index (χ1v) is 11.9. The van der Waals surface area contributed by atoms with Gasteiger partial charge in [0.25, 0.3) is 5.91 Å². The van der Waals surface area contributed by atoms with Crippen LogP contribution in [0.25, 0.3) is 11.1 Å². The van der Waals surface area contributed by atoms with Crippen LogP contribution >= 0.6 is 0 Å². The van der Waals surface area contributed by atoms with E-state index in [9.17, 15) is 9.90 Å². The average Bonchev–Trinajstić information content (AvgIpc) is 2.90. The van der Waals surface area contributed by atoms with Crippen molar-refractivity contribution in [1.82, 2.24) is 24.8 Å². The molecule has 0 saturated carbocycles. The number of fused-ring (bicyclic) bond motifs is 1. The average molecular weight is 487 g/mol. The summed E-state index contributed by atoms with van der Waals surface area (Å²) in [5.74, 6) is 0.0424. The lowest BCUT2D eigenvalue weighted by Gasteiger charge is -2.37. The number of likely N-dealkylation sites (N-methyl/N-ethyl adjacent to an activating group) is 1. The van der Waals surface area contributed by atoms with Crippen molar-refractivity contribution < 1.29 is 14.6 Å². The SMILES string of the molecule is C[C@H](CO)N1C[C@H](C)[C@H](CN(C)Cc2cncnc2)Oc2ncc(-c3ccc(C#N)cc3)cc2C1=O. The summed E-state index contributed by atoms with van der Waals surface area (Å²) in [5.41, 5.74) is 3.50. The lowest BCUT2D eigenvalue weighted by molar-refractivity contribution is 0.0325. The molecule has 3 heterocycles. The second-order valence-electron chi connectivity index (χ2n) is 9.33. The first-order chi connectivity index (χ1) is 17.4. The Balaban J connectivity index is 1.66. The summed E-state index contributed by atoms with van der Waals surface area (Å²) in [4.78, 5) is 30.2. The molecule has 9 heteroatoms. The van der Waals surface area contributed by atoms with Gasteiger partial charge in [0.15, 0.2) is 0 Å². The van der Waals surface area contributed by atoms with E-state index < -0.39 is 0 Å². The van der Waals surface area contributed by atoms with E-state index in [-0.39, 0.29) is 36.5 Å². The Hall–Kier alpha value is -3.87. The lowest BCUT2D eigenvalue weighted by atomic mass is 9.99. The number of aromatic nitrogens is 3. The number of rotatable bonds is 7. The van der Waals surface area contributed by atoms with Gasteiger partial charge in [-0.2, -0.15) is 5.26 Å². The summed E-state index contributed by atoms with van der Waals surface area (Å²) < 4.78 is 6.38. The van der Waals surface area contributed by atoms with Crippen LogP contribution < -0.4 is 4.74 Å². The largest absolute Gasteiger partial charge is 0.472 e. The molecule has 0 saturated heterocycles. The third kappa shape index (κ3) is 5.67. The standard InChI is InChI=1S/C27H30N6O3/c1-18-13-33(19(2)16-34)27(35)24-8-23(22-6-4-20(9-28)5-7-22)12-31-26(24)36-25(18)15-32(3)14-21-10-29-17-30-11-21/h4-8,10-12,17-19,25,34H,13-16H2,1-3H3/t18-,19+,25-/m0/s1. The highest BCUT2D eigenvalue weighted by Crippen LogP contribution is 2.30. The fourth-order valence-corrected chi connectivity index (χ4v) is 4.31. The smallest absolute Gasteiger partial charge is 0.259 e. The summed E-state index contributed by atoms with van der Waals surface area (Å²) in [6, 6.07) is 10.7. The predicted octanol–water partition coefficient (Wildman–Crippen LogP) is 2.76. The molecule has 3 atom stereocenters. The van der Waals surface area contributed by atoms with Crippen LogP contribution in [0, 0.1) is 17.2 Å². The summed E-state index contributed by atoms with van der Waals surface area (Å²) in [7, 11) is 2.00. The molecule has 36 heavy (non-hydrogen) atoms. The Morgan fingerprint density at radius 1 is 1.22 bits per heavy atom. The zero-order chi connectivity index (χ0) is 25.7. The zero-order valence-electron chi connectivity index (χ0n) is 20.7. The summed E-state index contributed by atoms with van der Waals surface area (Å²) in [6.07, 6.45) is 6.52. The highest BCUT2D eigenvalue weighted by Gasteiger charge is 2.34. The Bertz CT molecular complexity index is 1230. The van der Waals surface area contributed by atoms with Gasteiger partial charge in [-0.1, -0.05) is 19.1 Å². The number of aliphatic hydroxyl groups excluding tert-OH is 1. The van der Waals surface area contributed by atoms with Crippen LogP contribution in [0.1, 0.15) is 35.3 Å². The molecule has 9 nitrogen and oxygen atoms in total. The Kier molecular flexibility index (Phi) is 7.88. The molecular weight excluding hydrogens is 456 g/mol. The minimum Gasteiger partial charge on any atom is -0.472 e. The number of amides is 1. The number of nitrogens with zero attached hydrogens (tertiary/aromatic N) is 6. The van der Waals surface area contributed by atoms with Gasteiger partial charge in [0.05, 0.1) is 24.3 Å². The maximum absolute atomic E-state index is 13.6. The van der Waals surface area contributed by atoms with Crippen LogP contribution in [0.4, 0.5) is 0 Å². The van der Waals surface area contributed by atoms with Gasteiger partial charge >= 0.3 is 0 Å². The minimum absolute atomic E-state index is 0.00873. The lowest BCUT2D eigenvalue weighted by Crippen LogP contribution is -2.49. The van der Waals surface area contributed by atoms with E-state index in [1.807, 2.05) is 33.0 Å². The van der Waals surface area contributed by atoms with E-state index >= 15 is 0 Å². The molecule has 0 fully saturated rings. The molecule has 1 aliphatic rings. The highest BCUT2D eigenvalue weighted by molar-refractivity contribution is 5.98. The number of nitriles is 1. The molecule has 1 aromatic carbocycles. The molecule has 0 aliphatic carbocycles. The molecule has 4 rings (SSSR count). The molecule has 2 aromatic heterocycles. The predicted molar refractivity (Wildman–Crippen MR) is 134 cm³/mol. The van der Waals surface area contributed by atoms with Crippen LogP contribution in [-0.4, -0.2) is 74.7 Å². The van der Waals surface area contributed by atoms with Gasteiger partial charge in [-0.05, 0) is 37.7 Å². The van der Waals surface area contributed by atoms with Gasteiger partial charge in [-0.25, -0.2) is 15.0 Å². The summed E-state index contributed by atoms with van der Waals surface area (Å²) >= 11 is 0. The van der Waals surface area contributed by atoms with E-state index in [0.29, 0.717) is 30.8 Å². The fraction of sp³-hybridized carbons (Fsp3) is 0.370. The molecule has 3 aromatic rings. The van der Waals surface area contributed by atoms with Crippen LogP contribution in [0.3, 0.4) is 0 Å². The van der Waals surface area contributed by atoms with E-state index in [2.05, 4.69) is 25.9 Å². The third-order valence-corrected chi connectivity index (χ3v) is 6.43. The normalized spacial score (nSPS) is 18.6. The van der Waals surface area contributed by atoms with Gasteiger partial charge in [0, 0.05) is 55.3 Å². The van der Waals surface area contributed by atoms with Crippen LogP contribution in [0.2, 0.25) is 0 Å². The van der Waals surface area contributed by atoms with Gasteiger partial charge < -0.3 is 14.7 Å². The molecule has 186 valence electrons. The first kappa shape index (κ1) is 25.2. The molecule has 1 aliphatic heterocycles. The highest BCUT2D eigenvalue weighted by atomic mass is 16.5. The Morgan fingerprint density at radius 3 is 2.61 bits per heavy atom. The van der Waals surface area contributed by atoms with Crippen LogP contribution in [0.15, 0.2) is 55.2 Å². The Morgan fingerprint density at radius 2 is 1.94 bits per heavy atom. The zero-order valence-corrected chi connectivity index (χ0v) is 20.7. The topological polar surface area (TPSA) is 115 Å². The van der Waals surface area contributed by atoms with Gasteiger partial charge in [-0.15, -0.1) is 0 Å². The molecule has 1 N–H and O–H groups in total. The second-order valence-corrected chi connectivity index (χ2v) is 9.33. The molecule has 0 spiro atoms. The van der Waals surface area contributed by atoms with Gasteiger partial charge in [0.1, 0.15) is 18.0 Å². The number of ether oxygens (including phenoxy) is 1. The number of carbonyl (C=O) groups excluding carboxylic acids is 1. The van der Waals surface area contributed by atoms with Crippen molar-refractivity contribution in [3.05, 3.63) is 71.9 Å². The molecular formula is C27H30N6O3. The van der Waals surface area contributed by atoms with Crippen molar-refractivity contribution in [2.45, 2.75) is 32.5 Å². The molecule has 1 amide bonds. The number of carbonyl (C=O) groups is 1. The summed E-state index contributed by atoms with van der Waals surface area (Å²) in [6.45, 7) is 5.43. The number of pyridine rings is 1. The monoisotopic (exact) mass is 486 g/mol. The van der Waals surface area contributed by atoms with Crippen molar-refractivity contribution in [3.63, 3.8) is 0 Å². The fourth-order valence-electron chi connectivity index (χ4n) is 4.31. The maximum atomic E-state index is 13.6. The maximum Gasteiger partial charge on any atom is 0.259 e. The van der Waals surface area contributed by atoms with Crippen LogP contribution in [-0.2, 0) is 6.54 Å². The van der Waals surface area contributed by atoms with E-state index in [1.54, 1.807) is 41.7 Å². The summed E-state index contributed by atoms with van der Waals surface area (Å²) in [5, 5.41) is 19.0. The number of hydrogen-bond acceptors (Lipinski definition) is 8. The Labute approximate surface area is 211 Å². The number of benzene rings is 1. The molecule has 0 bridgehead atoms. The van der Waals surface area contributed by atoms with E-state index in [4.69, 9.17) is 10.00 Å². The second kappa shape index (κ2) is 11.2. The molecule has 0 unspecified atom stereocenters. The van der Waals surface area contributed by atoms with Gasteiger partial charge in [-0.3, -0.25) is 9.69 Å². The van der Waals surface area contributed by atoms with Crippen molar-refractivity contribution in [1.29, 1.82) is 5.26 Å². The molecule has 0 radical (unpaired) electrons. The number of hydrogen-bond donors (Lipinski definition) is 1. The van der Waals surface area contributed by atoms with E-state index in [1.165, 1.54) is 6.33 Å². The van der Waals surface area contributed by atoms with Crippen molar-refractivity contribution in [2.75, 3.05) is 26.7 Å². The van der Waals surface area contributed by atoms with Crippen LogP contribution in [0.5, 0.6) is 5.88 Å². The third-order valence-electron chi connectivity index (χ3n) is 6.43. The first-order valence-electron chi connectivity index (χ1n) is 11.9. The van der Waals surface area contributed by atoms with Crippen molar-refractivity contribution in [3.8, 4) is 23.1 Å².